The first kappa shape index (κ1) is 20.4. The van der Waals surface area contributed by atoms with Gasteiger partial charge in [-0.3, -0.25) is 4.79 Å². The first-order valence-electron chi connectivity index (χ1n) is 9.08. The number of amides is 1. The molecule has 2 aromatic rings. The molecule has 3 rings (SSSR count). The molecular weight excluding hydrogens is 424 g/mol. The summed E-state index contributed by atoms with van der Waals surface area (Å²) in [6, 6.07) is 12.4. The Labute approximate surface area is 172 Å². The second-order valence-electron chi connectivity index (χ2n) is 7.01. The average Bonchev–Trinajstić information content (AvgIpc) is 2.68. The summed E-state index contributed by atoms with van der Waals surface area (Å²) >= 11 is 3.46. The van der Waals surface area contributed by atoms with E-state index in [1.165, 1.54) is 12.7 Å². The molecular formula is C21H23BrN2O4. The molecule has 0 radical (unpaired) electrons. The largest absolute Gasteiger partial charge is 0.513 e. The maximum atomic E-state index is 13.1. The first-order chi connectivity index (χ1) is 13.4. The van der Waals surface area contributed by atoms with Crippen molar-refractivity contribution in [3.8, 4) is 5.75 Å². The highest BCUT2D eigenvalue weighted by Gasteiger charge is 2.29. The Morgan fingerprint density at radius 1 is 1.29 bits per heavy atom. The van der Waals surface area contributed by atoms with Crippen LogP contribution in [0.15, 0.2) is 46.9 Å². The zero-order valence-electron chi connectivity index (χ0n) is 15.9. The van der Waals surface area contributed by atoms with Gasteiger partial charge in [0.2, 0.25) is 5.91 Å². The number of hydrogen-bond donors (Lipinski definition) is 1. The minimum Gasteiger partial charge on any atom is -0.437 e. The van der Waals surface area contributed by atoms with Crippen molar-refractivity contribution in [1.82, 2.24) is 0 Å². The number of nitrogens with zero attached hydrogens (tertiary/aromatic N) is 1. The van der Waals surface area contributed by atoms with Crippen LogP contribution in [0.1, 0.15) is 18.1 Å². The monoisotopic (exact) mass is 446 g/mol. The molecule has 0 saturated heterocycles. The van der Waals surface area contributed by atoms with Crippen LogP contribution in [-0.2, 0) is 22.4 Å². The molecule has 28 heavy (non-hydrogen) atoms. The molecule has 1 aliphatic heterocycles. The van der Waals surface area contributed by atoms with Gasteiger partial charge in [0, 0.05) is 16.7 Å². The third-order valence-corrected chi connectivity index (χ3v) is 5.50. The molecule has 0 bridgehead atoms. The summed E-state index contributed by atoms with van der Waals surface area (Å²) in [5, 5.41) is 0. The maximum absolute atomic E-state index is 13.1. The summed E-state index contributed by atoms with van der Waals surface area (Å²) in [6.07, 6.45) is 0.539. The highest BCUT2D eigenvalue weighted by Crippen LogP contribution is 2.30. The number of para-hydroxylation sites is 1. The molecule has 2 aromatic carbocycles. The van der Waals surface area contributed by atoms with Crippen molar-refractivity contribution in [1.29, 1.82) is 0 Å². The predicted molar refractivity (Wildman–Crippen MR) is 111 cm³/mol. The quantitative estimate of drug-likeness (QED) is 0.571. The summed E-state index contributed by atoms with van der Waals surface area (Å²) in [6.45, 7) is 2.80. The summed E-state index contributed by atoms with van der Waals surface area (Å²) in [4.78, 5) is 26.1. The Hall–Kier alpha value is -2.38. The fourth-order valence-electron chi connectivity index (χ4n) is 3.42. The summed E-state index contributed by atoms with van der Waals surface area (Å²) < 4.78 is 10.2. The standard InChI is InChI=1S/C21H23BrN2O4/c1-13-9-15-5-3-4-6-19(15)24(12-13)20(25)18(23)10-14-7-8-16(11-17(14)22)28-21(26)27-2/h3-8,11,13,18H,9-10,12,23H2,1-2H3/t13?,18-/m0/s1. The molecule has 1 heterocycles. The fraction of sp³-hybridized carbons (Fsp3) is 0.333. The smallest absolute Gasteiger partial charge is 0.437 e. The molecule has 2 N–H and O–H groups in total. The Bertz CT molecular complexity index is 886. The topological polar surface area (TPSA) is 81.9 Å². The van der Waals surface area contributed by atoms with E-state index in [0.29, 0.717) is 29.1 Å². The van der Waals surface area contributed by atoms with E-state index in [1.807, 2.05) is 18.2 Å². The Balaban J connectivity index is 1.74. The number of rotatable bonds is 4. The summed E-state index contributed by atoms with van der Waals surface area (Å²) in [5.74, 6) is 0.634. The fourth-order valence-corrected chi connectivity index (χ4v) is 3.94. The van der Waals surface area contributed by atoms with Gasteiger partial charge >= 0.3 is 6.16 Å². The molecule has 1 aliphatic rings. The minimum absolute atomic E-state index is 0.0965. The number of nitrogens with two attached hydrogens (primary N) is 1. The zero-order valence-corrected chi connectivity index (χ0v) is 17.4. The number of carbonyl (C=O) groups excluding carboxylic acids is 2. The number of fused-ring (bicyclic) bond motifs is 1. The van der Waals surface area contributed by atoms with Gasteiger partial charge in [-0.2, -0.15) is 0 Å². The van der Waals surface area contributed by atoms with Crippen LogP contribution in [0.2, 0.25) is 0 Å². The van der Waals surface area contributed by atoms with Gasteiger partial charge in [-0.25, -0.2) is 4.79 Å². The highest BCUT2D eigenvalue weighted by molar-refractivity contribution is 9.10. The number of carbonyl (C=O) groups is 2. The van der Waals surface area contributed by atoms with E-state index in [4.69, 9.17) is 10.5 Å². The SMILES string of the molecule is COC(=O)Oc1ccc(C[C@H](N)C(=O)N2CC(C)Cc3ccccc32)c(Br)c1. The number of benzene rings is 2. The van der Waals surface area contributed by atoms with Crippen molar-refractivity contribution in [2.24, 2.45) is 11.7 Å². The van der Waals surface area contributed by atoms with Crippen LogP contribution in [0.25, 0.3) is 0 Å². The van der Waals surface area contributed by atoms with Crippen LogP contribution in [0, 0.1) is 5.92 Å². The molecule has 0 saturated carbocycles. The van der Waals surface area contributed by atoms with E-state index in [-0.39, 0.29) is 5.91 Å². The van der Waals surface area contributed by atoms with Crippen molar-refractivity contribution in [2.45, 2.75) is 25.8 Å². The first-order valence-corrected chi connectivity index (χ1v) is 9.87. The number of hydrogen-bond acceptors (Lipinski definition) is 5. The minimum atomic E-state index is -0.788. The predicted octanol–water partition coefficient (Wildman–Crippen LogP) is 3.69. The van der Waals surface area contributed by atoms with Crippen LogP contribution in [0.4, 0.5) is 10.5 Å². The van der Waals surface area contributed by atoms with Gasteiger partial charge in [-0.15, -0.1) is 0 Å². The Morgan fingerprint density at radius 3 is 2.75 bits per heavy atom. The van der Waals surface area contributed by atoms with Crippen molar-refractivity contribution in [3.05, 3.63) is 58.1 Å². The van der Waals surface area contributed by atoms with E-state index in [9.17, 15) is 9.59 Å². The molecule has 1 amide bonds. The number of methoxy groups -OCH3 is 1. The molecule has 0 aromatic heterocycles. The lowest BCUT2D eigenvalue weighted by atomic mass is 9.93. The van der Waals surface area contributed by atoms with Gasteiger partial charge in [0.1, 0.15) is 5.75 Å². The average molecular weight is 447 g/mol. The van der Waals surface area contributed by atoms with E-state index < -0.39 is 12.2 Å². The van der Waals surface area contributed by atoms with Crippen LogP contribution in [-0.4, -0.2) is 31.8 Å². The van der Waals surface area contributed by atoms with Crippen LogP contribution < -0.4 is 15.4 Å². The second kappa shape index (κ2) is 8.75. The van der Waals surface area contributed by atoms with E-state index in [0.717, 1.165) is 17.7 Å². The van der Waals surface area contributed by atoms with Gasteiger partial charge in [0.25, 0.3) is 0 Å². The lowest BCUT2D eigenvalue weighted by Gasteiger charge is -2.34. The second-order valence-corrected chi connectivity index (χ2v) is 7.86. The van der Waals surface area contributed by atoms with Crippen molar-refractivity contribution in [3.63, 3.8) is 0 Å². The maximum Gasteiger partial charge on any atom is 0.513 e. The van der Waals surface area contributed by atoms with Gasteiger partial charge < -0.3 is 20.1 Å². The summed E-state index contributed by atoms with van der Waals surface area (Å²) in [7, 11) is 1.25. The van der Waals surface area contributed by atoms with Gasteiger partial charge in [-0.1, -0.05) is 47.1 Å². The zero-order chi connectivity index (χ0) is 20.3. The Kier molecular flexibility index (Phi) is 6.36. The lowest BCUT2D eigenvalue weighted by Crippen LogP contribution is -2.48. The van der Waals surface area contributed by atoms with E-state index in [1.54, 1.807) is 23.1 Å². The lowest BCUT2D eigenvalue weighted by molar-refractivity contribution is -0.120. The molecule has 0 spiro atoms. The third-order valence-electron chi connectivity index (χ3n) is 4.76. The molecule has 2 atom stereocenters. The van der Waals surface area contributed by atoms with E-state index >= 15 is 0 Å². The van der Waals surface area contributed by atoms with Gasteiger partial charge in [0.15, 0.2) is 0 Å². The van der Waals surface area contributed by atoms with Gasteiger partial charge in [0.05, 0.1) is 13.2 Å². The van der Waals surface area contributed by atoms with Crippen molar-refractivity contribution < 1.29 is 19.1 Å². The molecule has 7 heteroatoms. The summed E-state index contributed by atoms with van der Waals surface area (Å²) in [5.41, 5.74) is 9.25. The number of anilines is 1. The molecule has 0 aliphatic carbocycles. The van der Waals surface area contributed by atoms with Crippen LogP contribution in [0.5, 0.6) is 5.75 Å². The molecule has 6 nitrogen and oxygen atoms in total. The highest BCUT2D eigenvalue weighted by atomic mass is 79.9. The number of ether oxygens (including phenoxy) is 2. The Morgan fingerprint density at radius 2 is 2.04 bits per heavy atom. The van der Waals surface area contributed by atoms with E-state index in [2.05, 4.69) is 33.7 Å². The van der Waals surface area contributed by atoms with Crippen LogP contribution in [0.3, 0.4) is 0 Å². The van der Waals surface area contributed by atoms with Crippen molar-refractivity contribution in [2.75, 3.05) is 18.6 Å². The molecule has 1 unspecified atom stereocenters. The molecule has 0 fully saturated rings. The third kappa shape index (κ3) is 4.54. The molecule has 148 valence electrons. The van der Waals surface area contributed by atoms with Crippen molar-refractivity contribution >= 4 is 33.7 Å². The van der Waals surface area contributed by atoms with Gasteiger partial charge in [-0.05, 0) is 48.1 Å². The normalized spacial score (nSPS) is 16.9. The van der Waals surface area contributed by atoms with Crippen LogP contribution >= 0.6 is 15.9 Å². The number of halogens is 1.